The van der Waals surface area contributed by atoms with Crippen LogP contribution in [-0.4, -0.2) is 25.6 Å². The van der Waals surface area contributed by atoms with Crippen molar-refractivity contribution in [2.45, 2.75) is 13.3 Å². The summed E-state index contributed by atoms with van der Waals surface area (Å²) in [6.07, 6.45) is 0.843. The fourth-order valence-corrected chi connectivity index (χ4v) is 2.62. The Hall–Kier alpha value is -2.54. The highest BCUT2D eigenvalue weighted by atomic mass is 79.9. The van der Waals surface area contributed by atoms with Crippen molar-refractivity contribution in [3.63, 3.8) is 0 Å². The number of nitrogens with two attached hydrogens (primary N) is 1. The van der Waals surface area contributed by atoms with Gasteiger partial charge in [0.15, 0.2) is 11.5 Å². The molecule has 2 rings (SSSR count). The van der Waals surface area contributed by atoms with E-state index in [4.69, 9.17) is 19.9 Å². The van der Waals surface area contributed by atoms with Gasteiger partial charge in [0.2, 0.25) is 5.91 Å². The number of primary amides is 1. The predicted molar refractivity (Wildman–Crippen MR) is 96.4 cm³/mol. The van der Waals surface area contributed by atoms with Gasteiger partial charge in [0, 0.05) is 5.56 Å². The van der Waals surface area contributed by atoms with Crippen molar-refractivity contribution in [1.82, 2.24) is 0 Å². The van der Waals surface area contributed by atoms with E-state index in [0.29, 0.717) is 22.6 Å². The zero-order valence-electron chi connectivity index (χ0n) is 13.9. The predicted octanol–water partition coefficient (Wildman–Crippen LogP) is 3.56. The second kappa shape index (κ2) is 8.53. The van der Waals surface area contributed by atoms with Crippen LogP contribution in [0.1, 0.15) is 34.1 Å². The summed E-state index contributed by atoms with van der Waals surface area (Å²) in [7, 11) is 1.49. The SMILES string of the molecule is CCCOc1c(Br)cc(C(=O)Oc2cccc(C(N)=O)c2)cc1OC. The minimum absolute atomic E-state index is 0.225. The number of amides is 1. The Morgan fingerprint density at radius 1 is 1.16 bits per heavy atom. The van der Waals surface area contributed by atoms with Crippen molar-refractivity contribution in [1.29, 1.82) is 0 Å². The molecule has 0 saturated carbocycles. The first-order valence-electron chi connectivity index (χ1n) is 7.58. The quantitative estimate of drug-likeness (QED) is 0.559. The van der Waals surface area contributed by atoms with Crippen LogP contribution in [0, 0.1) is 0 Å². The molecule has 0 aliphatic carbocycles. The summed E-state index contributed by atoms with van der Waals surface area (Å²) in [6, 6.07) is 9.23. The maximum absolute atomic E-state index is 12.4. The van der Waals surface area contributed by atoms with Crippen LogP contribution in [0.5, 0.6) is 17.2 Å². The fraction of sp³-hybridized carbons (Fsp3) is 0.222. The number of halogens is 1. The van der Waals surface area contributed by atoms with Crippen LogP contribution in [0.2, 0.25) is 0 Å². The van der Waals surface area contributed by atoms with Gasteiger partial charge in [-0.05, 0) is 52.7 Å². The van der Waals surface area contributed by atoms with Crippen LogP contribution in [0.4, 0.5) is 0 Å². The number of carbonyl (C=O) groups excluding carboxylic acids is 2. The molecule has 2 N–H and O–H groups in total. The minimum Gasteiger partial charge on any atom is -0.493 e. The van der Waals surface area contributed by atoms with Crippen molar-refractivity contribution in [2.24, 2.45) is 5.73 Å². The van der Waals surface area contributed by atoms with Crippen LogP contribution >= 0.6 is 15.9 Å². The van der Waals surface area contributed by atoms with Crippen LogP contribution < -0.4 is 19.9 Å². The lowest BCUT2D eigenvalue weighted by molar-refractivity contribution is 0.0733. The molecule has 0 saturated heterocycles. The Morgan fingerprint density at radius 2 is 1.92 bits per heavy atom. The second-order valence-electron chi connectivity index (χ2n) is 5.12. The molecule has 0 aliphatic heterocycles. The van der Waals surface area contributed by atoms with Crippen molar-refractivity contribution in [3.8, 4) is 17.2 Å². The molecule has 0 heterocycles. The number of carbonyl (C=O) groups is 2. The van der Waals surface area contributed by atoms with E-state index in [2.05, 4.69) is 15.9 Å². The van der Waals surface area contributed by atoms with Gasteiger partial charge in [-0.15, -0.1) is 0 Å². The van der Waals surface area contributed by atoms with Crippen LogP contribution in [0.25, 0.3) is 0 Å². The lowest BCUT2D eigenvalue weighted by Gasteiger charge is -2.13. The van der Waals surface area contributed by atoms with E-state index in [-0.39, 0.29) is 16.9 Å². The lowest BCUT2D eigenvalue weighted by Crippen LogP contribution is -2.12. The van der Waals surface area contributed by atoms with Gasteiger partial charge in [-0.2, -0.15) is 0 Å². The number of benzene rings is 2. The van der Waals surface area contributed by atoms with E-state index in [1.165, 1.54) is 19.2 Å². The molecule has 0 spiro atoms. The molecule has 0 bridgehead atoms. The molecular weight excluding hydrogens is 390 g/mol. The molecule has 0 radical (unpaired) electrons. The highest BCUT2D eigenvalue weighted by Crippen LogP contribution is 2.37. The van der Waals surface area contributed by atoms with Crippen molar-refractivity contribution < 1.29 is 23.8 Å². The molecule has 7 heteroatoms. The summed E-state index contributed by atoms with van der Waals surface area (Å²) in [5.74, 6) is -0.0256. The second-order valence-corrected chi connectivity index (χ2v) is 5.97. The van der Waals surface area contributed by atoms with Gasteiger partial charge >= 0.3 is 5.97 Å². The fourth-order valence-electron chi connectivity index (χ4n) is 2.06. The van der Waals surface area contributed by atoms with Gasteiger partial charge in [-0.1, -0.05) is 13.0 Å². The monoisotopic (exact) mass is 407 g/mol. The average molecular weight is 408 g/mol. The summed E-state index contributed by atoms with van der Waals surface area (Å²) in [6.45, 7) is 2.52. The molecule has 0 aliphatic rings. The number of rotatable bonds is 7. The number of esters is 1. The zero-order chi connectivity index (χ0) is 18.4. The van der Waals surface area contributed by atoms with Gasteiger partial charge in [0.05, 0.1) is 23.8 Å². The van der Waals surface area contributed by atoms with Gasteiger partial charge in [0.1, 0.15) is 5.75 Å². The molecule has 0 unspecified atom stereocenters. The highest BCUT2D eigenvalue weighted by Gasteiger charge is 2.17. The third kappa shape index (κ3) is 4.73. The summed E-state index contributed by atoms with van der Waals surface area (Å²) in [4.78, 5) is 23.6. The third-order valence-electron chi connectivity index (χ3n) is 3.24. The molecular formula is C18H18BrNO5. The first-order valence-corrected chi connectivity index (χ1v) is 8.38. The van der Waals surface area contributed by atoms with Crippen LogP contribution in [0.15, 0.2) is 40.9 Å². The van der Waals surface area contributed by atoms with E-state index in [0.717, 1.165) is 6.42 Å². The average Bonchev–Trinajstić information content (AvgIpc) is 2.60. The topological polar surface area (TPSA) is 87.9 Å². The van der Waals surface area contributed by atoms with Gasteiger partial charge in [0.25, 0.3) is 0 Å². The first kappa shape index (κ1) is 18.8. The normalized spacial score (nSPS) is 10.2. The first-order chi connectivity index (χ1) is 12.0. The Labute approximate surface area is 154 Å². The lowest BCUT2D eigenvalue weighted by atomic mass is 10.2. The molecule has 25 heavy (non-hydrogen) atoms. The van der Waals surface area contributed by atoms with Crippen LogP contribution in [0.3, 0.4) is 0 Å². The zero-order valence-corrected chi connectivity index (χ0v) is 15.5. The molecule has 1 amide bonds. The molecule has 6 nitrogen and oxygen atoms in total. The number of methoxy groups -OCH3 is 1. The largest absolute Gasteiger partial charge is 0.493 e. The summed E-state index contributed by atoms with van der Waals surface area (Å²) in [5, 5.41) is 0. The van der Waals surface area contributed by atoms with Gasteiger partial charge < -0.3 is 19.9 Å². The Kier molecular flexibility index (Phi) is 6.41. The molecule has 132 valence electrons. The van der Waals surface area contributed by atoms with Crippen molar-refractivity contribution >= 4 is 27.8 Å². The smallest absolute Gasteiger partial charge is 0.343 e. The number of hydrogen-bond acceptors (Lipinski definition) is 5. The Bertz CT molecular complexity index is 791. The van der Waals surface area contributed by atoms with Crippen molar-refractivity contribution in [2.75, 3.05) is 13.7 Å². The number of ether oxygens (including phenoxy) is 3. The molecule has 2 aromatic carbocycles. The summed E-state index contributed by atoms with van der Waals surface area (Å²) >= 11 is 3.38. The van der Waals surface area contributed by atoms with Gasteiger partial charge in [-0.25, -0.2) is 4.79 Å². The van der Waals surface area contributed by atoms with Crippen molar-refractivity contribution in [3.05, 3.63) is 52.0 Å². The van der Waals surface area contributed by atoms with Crippen LogP contribution in [-0.2, 0) is 0 Å². The van der Waals surface area contributed by atoms with E-state index in [1.807, 2.05) is 6.92 Å². The molecule has 0 atom stereocenters. The Balaban J connectivity index is 2.26. The van der Waals surface area contributed by atoms with E-state index >= 15 is 0 Å². The van der Waals surface area contributed by atoms with E-state index in [9.17, 15) is 9.59 Å². The summed E-state index contributed by atoms with van der Waals surface area (Å²) < 4.78 is 16.8. The highest BCUT2D eigenvalue weighted by molar-refractivity contribution is 9.10. The molecule has 2 aromatic rings. The molecule has 0 fully saturated rings. The van der Waals surface area contributed by atoms with E-state index in [1.54, 1.807) is 24.3 Å². The number of hydrogen-bond donors (Lipinski definition) is 1. The summed E-state index contributed by atoms with van der Waals surface area (Å²) in [5.41, 5.74) is 5.75. The Morgan fingerprint density at radius 3 is 2.56 bits per heavy atom. The van der Waals surface area contributed by atoms with Gasteiger partial charge in [-0.3, -0.25) is 4.79 Å². The maximum atomic E-state index is 12.4. The maximum Gasteiger partial charge on any atom is 0.343 e. The minimum atomic E-state index is -0.597. The van der Waals surface area contributed by atoms with E-state index < -0.39 is 11.9 Å². The standard InChI is InChI=1S/C18H18BrNO5/c1-3-7-24-16-14(19)9-12(10-15(16)23-2)18(22)25-13-6-4-5-11(8-13)17(20)21/h4-6,8-10H,3,7H2,1-2H3,(H2,20,21). The third-order valence-corrected chi connectivity index (χ3v) is 3.83. The molecule has 0 aromatic heterocycles.